The third kappa shape index (κ3) is 3.50. The summed E-state index contributed by atoms with van der Waals surface area (Å²) in [5.41, 5.74) is 3.16. The fourth-order valence-corrected chi connectivity index (χ4v) is 3.61. The SMILES string of the molecule is Cc1cccc(N2C(=O)C(=Cc3ccco3)C(=O)N(c3cccc(C)c3)C2=S)c1. The lowest BCUT2D eigenvalue weighted by Crippen LogP contribution is -2.57. The van der Waals surface area contributed by atoms with Gasteiger partial charge in [0.05, 0.1) is 17.6 Å². The molecule has 1 aromatic heterocycles. The molecule has 3 aromatic rings. The van der Waals surface area contributed by atoms with Crippen LogP contribution in [0.3, 0.4) is 0 Å². The molecule has 4 rings (SSSR count). The number of thiocarbonyl (C=S) groups is 1. The van der Waals surface area contributed by atoms with Crippen LogP contribution in [0.2, 0.25) is 0 Å². The van der Waals surface area contributed by atoms with Crippen LogP contribution in [0.1, 0.15) is 16.9 Å². The second-order valence-corrected chi connectivity index (χ2v) is 7.18. The maximum Gasteiger partial charge on any atom is 0.270 e. The Balaban J connectivity index is 1.89. The first-order valence-electron chi connectivity index (χ1n) is 9.07. The Kier molecular flexibility index (Phi) is 4.86. The Morgan fingerprint density at radius 1 is 0.828 bits per heavy atom. The number of amides is 2. The Morgan fingerprint density at radius 3 is 1.83 bits per heavy atom. The lowest BCUT2D eigenvalue weighted by molar-refractivity contribution is -0.120. The zero-order chi connectivity index (χ0) is 20.5. The van der Waals surface area contributed by atoms with Crippen LogP contribution >= 0.6 is 12.2 Å². The van der Waals surface area contributed by atoms with Gasteiger partial charge in [0.2, 0.25) is 0 Å². The minimum absolute atomic E-state index is 0.0171. The Labute approximate surface area is 173 Å². The third-order valence-corrected chi connectivity index (χ3v) is 4.96. The van der Waals surface area contributed by atoms with Gasteiger partial charge in [-0.1, -0.05) is 24.3 Å². The summed E-state index contributed by atoms with van der Waals surface area (Å²) >= 11 is 5.61. The van der Waals surface area contributed by atoms with Crippen LogP contribution in [0.5, 0.6) is 0 Å². The van der Waals surface area contributed by atoms with Gasteiger partial charge in [-0.2, -0.15) is 0 Å². The van der Waals surface area contributed by atoms with Gasteiger partial charge in [-0.3, -0.25) is 19.4 Å². The predicted octanol–water partition coefficient (Wildman–Crippen LogP) is 4.64. The average molecular weight is 402 g/mol. The summed E-state index contributed by atoms with van der Waals surface area (Å²) in [5, 5.41) is 0.118. The van der Waals surface area contributed by atoms with Crippen molar-refractivity contribution in [1.82, 2.24) is 0 Å². The number of furan rings is 1. The maximum absolute atomic E-state index is 13.3. The van der Waals surface area contributed by atoms with Gasteiger partial charge in [-0.15, -0.1) is 0 Å². The zero-order valence-electron chi connectivity index (χ0n) is 16.0. The van der Waals surface area contributed by atoms with E-state index in [4.69, 9.17) is 16.6 Å². The molecule has 29 heavy (non-hydrogen) atoms. The number of benzene rings is 2. The second-order valence-electron chi connectivity index (χ2n) is 6.82. The van der Waals surface area contributed by atoms with E-state index in [0.717, 1.165) is 11.1 Å². The van der Waals surface area contributed by atoms with Crippen LogP contribution in [0.4, 0.5) is 11.4 Å². The number of anilines is 2. The smallest absolute Gasteiger partial charge is 0.270 e. The number of carbonyl (C=O) groups excluding carboxylic acids is 2. The predicted molar refractivity (Wildman–Crippen MR) is 117 cm³/mol. The Morgan fingerprint density at radius 2 is 1.38 bits per heavy atom. The highest BCUT2D eigenvalue weighted by atomic mass is 32.1. The van der Waals surface area contributed by atoms with Crippen molar-refractivity contribution in [2.24, 2.45) is 0 Å². The molecule has 144 valence electrons. The minimum atomic E-state index is -0.481. The zero-order valence-corrected chi connectivity index (χ0v) is 16.8. The van der Waals surface area contributed by atoms with Crippen molar-refractivity contribution in [3.63, 3.8) is 0 Å². The van der Waals surface area contributed by atoms with E-state index in [-0.39, 0.29) is 10.7 Å². The molecule has 1 aliphatic heterocycles. The van der Waals surface area contributed by atoms with Crippen molar-refractivity contribution in [2.75, 3.05) is 9.80 Å². The molecule has 1 aliphatic rings. The quantitative estimate of drug-likeness (QED) is 0.364. The number of hydrogen-bond acceptors (Lipinski definition) is 4. The van der Waals surface area contributed by atoms with E-state index in [1.807, 2.05) is 50.2 Å². The first-order chi connectivity index (χ1) is 14.0. The van der Waals surface area contributed by atoms with Crippen LogP contribution in [-0.2, 0) is 9.59 Å². The molecule has 5 nitrogen and oxygen atoms in total. The fourth-order valence-electron chi connectivity index (χ4n) is 3.23. The monoisotopic (exact) mass is 402 g/mol. The van der Waals surface area contributed by atoms with E-state index < -0.39 is 11.8 Å². The van der Waals surface area contributed by atoms with Gasteiger partial charge in [0.15, 0.2) is 5.11 Å². The molecule has 0 N–H and O–H groups in total. The molecule has 2 amide bonds. The van der Waals surface area contributed by atoms with Gasteiger partial charge in [0, 0.05) is 0 Å². The molecular weight excluding hydrogens is 384 g/mol. The molecule has 2 aromatic carbocycles. The van der Waals surface area contributed by atoms with Crippen LogP contribution in [0.15, 0.2) is 76.9 Å². The molecule has 0 bridgehead atoms. The van der Waals surface area contributed by atoms with Gasteiger partial charge in [0.1, 0.15) is 11.3 Å². The molecule has 0 atom stereocenters. The van der Waals surface area contributed by atoms with Crippen molar-refractivity contribution in [1.29, 1.82) is 0 Å². The largest absolute Gasteiger partial charge is 0.465 e. The fraction of sp³-hybridized carbons (Fsp3) is 0.0870. The summed E-state index contributed by atoms with van der Waals surface area (Å²) in [4.78, 5) is 29.4. The lowest BCUT2D eigenvalue weighted by atomic mass is 10.1. The van der Waals surface area contributed by atoms with Gasteiger partial charge < -0.3 is 4.42 Å². The highest BCUT2D eigenvalue weighted by Crippen LogP contribution is 2.30. The van der Waals surface area contributed by atoms with Crippen LogP contribution in [-0.4, -0.2) is 16.9 Å². The molecule has 1 saturated heterocycles. The van der Waals surface area contributed by atoms with Gasteiger partial charge >= 0.3 is 0 Å². The topological polar surface area (TPSA) is 53.8 Å². The summed E-state index contributed by atoms with van der Waals surface area (Å²) in [5.74, 6) is -0.542. The molecule has 0 saturated carbocycles. The van der Waals surface area contributed by atoms with Crippen molar-refractivity contribution in [3.8, 4) is 0 Å². The normalized spacial score (nSPS) is 14.6. The van der Waals surface area contributed by atoms with Gasteiger partial charge in [-0.05, 0) is 79.7 Å². The summed E-state index contributed by atoms with van der Waals surface area (Å²) in [6.07, 6.45) is 2.95. The summed E-state index contributed by atoms with van der Waals surface area (Å²) in [6, 6.07) is 18.3. The molecule has 2 heterocycles. The molecular formula is C23H18N2O3S. The van der Waals surface area contributed by atoms with Gasteiger partial charge in [0.25, 0.3) is 11.8 Å². The first-order valence-corrected chi connectivity index (χ1v) is 9.48. The van der Waals surface area contributed by atoms with E-state index in [0.29, 0.717) is 17.1 Å². The van der Waals surface area contributed by atoms with E-state index in [2.05, 4.69) is 0 Å². The number of rotatable bonds is 3. The van der Waals surface area contributed by atoms with Crippen LogP contribution < -0.4 is 9.80 Å². The van der Waals surface area contributed by atoms with Crippen molar-refractivity contribution < 1.29 is 14.0 Å². The minimum Gasteiger partial charge on any atom is -0.465 e. The van der Waals surface area contributed by atoms with E-state index >= 15 is 0 Å². The molecule has 0 unspecified atom stereocenters. The molecule has 0 radical (unpaired) electrons. The Hall–Kier alpha value is -3.51. The van der Waals surface area contributed by atoms with Crippen LogP contribution in [0.25, 0.3) is 6.08 Å². The summed E-state index contributed by atoms with van der Waals surface area (Å²) in [7, 11) is 0. The third-order valence-electron chi connectivity index (χ3n) is 4.60. The standard InChI is InChI=1S/C23H18N2O3S/c1-15-6-3-8-17(12-15)24-21(26)20(14-19-10-5-11-28-19)22(27)25(23(24)29)18-9-4-7-16(2)13-18/h3-14H,1-2H3. The van der Waals surface area contributed by atoms with Gasteiger partial charge in [-0.25, -0.2) is 0 Å². The molecule has 1 fully saturated rings. The number of hydrogen-bond donors (Lipinski definition) is 0. The molecule has 0 aliphatic carbocycles. The van der Waals surface area contributed by atoms with Crippen molar-refractivity contribution >= 4 is 46.6 Å². The van der Waals surface area contributed by atoms with Crippen molar-refractivity contribution in [3.05, 3.63) is 89.4 Å². The maximum atomic E-state index is 13.3. The first kappa shape index (κ1) is 18.8. The molecule has 6 heteroatoms. The Bertz CT molecular complexity index is 1080. The number of aryl methyl sites for hydroxylation is 2. The van der Waals surface area contributed by atoms with E-state index in [9.17, 15) is 9.59 Å². The summed E-state index contributed by atoms with van der Waals surface area (Å²) < 4.78 is 5.33. The summed E-state index contributed by atoms with van der Waals surface area (Å²) in [6.45, 7) is 3.87. The molecule has 0 spiro atoms. The highest BCUT2D eigenvalue weighted by Gasteiger charge is 2.41. The second kappa shape index (κ2) is 7.48. The average Bonchev–Trinajstić information content (AvgIpc) is 3.19. The van der Waals surface area contributed by atoms with Crippen LogP contribution in [0, 0.1) is 13.8 Å². The highest BCUT2D eigenvalue weighted by molar-refractivity contribution is 7.81. The number of carbonyl (C=O) groups is 2. The van der Waals surface area contributed by atoms with Crippen molar-refractivity contribution in [2.45, 2.75) is 13.8 Å². The number of nitrogens with zero attached hydrogens (tertiary/aromatic N) is 2. The lowest BCUT2D eigenvalue weighted by Gasteiger charge is -2.36. The van der Waals surface area contributed by atoms with E-state index in [1.54, 1.807) is 24.3 Å². The van der Waals surface area contributed by atoms with E-state index in [1.165, 1.54) is 22.1 Å².